The maximum Gasteiger partial charge on any atom is 0.422 e. The van der Waals surface area contributed by atoms with Crippen molar-refractivity contribution >= 4 is 15.9 Å². The minimum atomic E-state index is -4.39. The third-order valence-electron chi connectivity index (χ3n) is 2.53. The molecule has 0 amide bonds. The Morgan fingerprint density at radius 3 is 2.29 bits per heavy atom. The van der Waals surface area contributed by atoms with E-state index >= 15 is 0 Å². The van der Waals surface area contributed by atoms with Crippen LogP contribution in [0.3, 0.4) is 0 Å². The van der Waals surface area contributed by atoms with E-state index in [1.54, 1.807) is 12.1 Å². The molecule has 0 heterocycles. The van der Waals surface area contributed by atoms with Crippen molar-refractivity contribution in [1.29, 1.82) is 0 Å². The smallest absolute Gasteiger partial charge is 0.422 e. The quantitative estimate of drug-likeness (QED) is 0.749. The number of hydrogen-bond donors (Lipinski definition) is 0. The van der Waals surface area contributed by atoms with Crippen molar-refractivity contribution in [2.24, 2.45) is 0 Å². The molecule has 0 aliphatic carbocycles. The predicted octanol–water partition coefficient (Wildman–Crippen LogP) is 4.97. The highest BCUT2D eigenvalue weighted by atomic mass is 79.9. The second-order valence-electron chi connectivity index (χ2n) is 4.27. The lowest BCUT2D eigenvalue weighted by Gasteiger charge is -2.14. The lowest BCUT2D eigenvalue weighted by atomic mass is 10.2. The van der Waals surface area contributed by atoms with Gasteiger partial charge in [-0.2, -0.15) is 13.2 Å². The van der Waals surface area contributed by atoms with Crippen LogP contribution in [0.4, 0.5) is 13.2 Å². The van der Waals surface area contributed by atoms with Crippen LogP contribution >= 0.6 is 15.9 Å². The van der Waals surface area contributed by atoms with Crippen LogP contribution in [0, 0.1) is 0 Å². The van der Waals surface area contributed by atoms with E-state index in [1.165, 1.54) is 6.07 Å². The molecule has 21 heavy (non-hydrogen) atoms. The Hall–Kier alpha value is -1.69. The molecular formula is C15H12BrF3O2. The van der Waals surface area contributed by atoms with Gasteiger partial charge in [-0.25, -0.2) is 0 Å². The van der Waals surface area contributed by atoms with Gasteiger partial charge < -0.3 is 9.47 Å². The summed E-state index contributed by atoms with van der Waals surface area (Å²) in [4.78, 5) is 0. The van der Waals surface area contributed by atoms with Crippen molar-refractivity contribution in [3.8, 4) is 11.5 Å². The van der Waals surface area contributed by atoms with Crippen LogP contribution in [0.15, 0.2) is 53.0 Å². The van der Waals surface area contributed by atoms with Gasteiger partial charge in [-0.3, -0.25) is 0 Å². The molecule has 0 fully saturated rings. The molecular weight excluding hydrogens is 349 g/mol. The minimum absolute atomic E-state index is 0.0615. The van der Waals surface area contributed by atoms with Crippen molar-refractivity contribution in [1.82, 2.24) is 0 Å². The van der Waals surface area contributed by atoms with Crippen LogP contribution in [0.1, 0.15) is 5.56 Å². The van der Waals surface area contributed by atoms with Crippen molar-refractivity contribution < 1.29 is 22.6 Å². The molecule has 0 saturated carbocycles. The van der Waals surface area contributed by atoms with Gasteiger partial charge in [0.05, 0.1) is 0 Å². The van der Waals surface area contributed by atoms with Crippen LogP contribution in [-0.4, -0.2) is 12.8 Å². The van der Waals surface area contributed by atoms with Gasteiger partial charge in [0.1, 0.15) is 6.61 Å². The first-order valence-corrected chi connectivity index (χ1v) is 6.89. The van der Waals surface area contributed by atoms with Gasteiger partial charge in [0, 0.05) is 4.47 Å². The second-order valence-corrected chi connectivity index (χ2v) is 5.18. The number of rotatable bonds is 5. The fourth-order valence-corrected chi connectivity index (χ4v) is 1.95. The molecule has 0 aliphatic rings. The van der Waals surface area contributed by atoms with Gasteiger partial charge in [-0.05, 0) is 23.8 Å². The standard InChI is InChI=1S/C15H12BrF3O2/c16-12-6-7-13(21-10-15(17,18)19)14(8-12)20-9-11-4-2-1-3-5-11/h1-8H,9-10H2. The highest BCUT2D eigenvalue weighted by Gasteiger charge is 2.29. The maximum absolute atomic E-state index is 12.2. The fourth-order valence-electron chi connectivity index (χ4n) is 1.61. The lowest BCUT2D eigenvalue weighted by molar-refractivity contribution is -0.153. The summed E-state index contributed by atoms with van der Waals surface area (Å²) in [5.74, 6) is 0.323. The monoisotopic (exact) mass is 360 g/mol. The molecule has 2 rings (SSSR count). The van der Waals surface area contributed by atoms with Crippen molar-refractivity contribution in [2.45, 2.75) is 12.8 Å². The van der Waals surface area contributed by atoms with Crippen LogP contribution in [0.5, 0.6) is 11.5 Å². The van der Waals surface area contributed by atoms with Crippen LogP contribution in [0.25, 0.3) is 0 Å². The zero-order valence-electron chi connectivity index (χ0n) is 10.9. The van der Waals surface area contributed by atoms with Gasteiger partial charge in [-0.15, -0.1) is 0 Å². The molecule has 6 heteroatoms. The Balaban J connectivity index is 2.08. The van der Waals surface area contributed by atoms with E-state index in [2.05, 4.69) is 15.9 Å². The lowest BCUT2D eigenvalue weighted by Crippen LogP contribution is -2.19. The Labute approximate surface area is 128 Å². The third-order valence-corrected chi connectivity index (χ3v) is 3.03. The zero-order valence-corrected chi connectivity index (χ0v) is 12.4. The summed E-state index contributed by atoms with van der Waals surface area (Å²) >= 11 is 3.26. The summed E-state index contributed by atoms with van der Waals surface area (Å²) in [6.45, 7) is -1.10. The Morgan fingerprint density at radius 1 is 0.905 bits per heavy atom. The molecule has 0 N–H and O–H groups in total. The molecule has 2 aromatic rings. The molecule has 0 radical (unpaired) electrons. The Kier molecular flexibility index (Phi) is 5.12. The SMILES string of the molecule is FC(F)(F)COc1ccc(Br)cc1OCc1ccccc1. The molecule has 0 bridgehead atoms. The van der Waals surface area contributed by atoms with Gasteiger partial charge in [-0.1, -0.05) is 46.3 Å². The molecule has 112 valence electrons. The summed E-state index contributed by atoms with van der Waals surface area (Å²) in [6.07, 6.45) is -4.39. The average Bonchev–Trinajstić information content (AvgIpc) is 2.44. The molecule has 2 aromatic carbocycles. The van der Waals surface area contributed by atoms with Crippen LogP contribution in [0.2, 0.25) is 0 Å². The summed E-state index contributed by atoms with van der Waals surface area (Å²) in [7, 11) is 0. The van der Waals surface area contributed by atoms with E-state index in [9.17, 15) is 13.2 Å². The first kappa shape index (κ1) is 15.7. The topological polar surface area (TPSA) is 18.5 Å². The summed E-state index contributed by atoms with van der Waals surface area (Å²) in [5, 5.41) is 0. The maximum atomic E-state index is 12.2. The number of halogens is 4. The zero-order chi connectivity index (χ0) is 15.3. The second kappa shape index (κ2) is 6.85. The van der Waals surface area contributed by atoms with Crippen LogP contribution in [-0.2, 0) is 6.61 Å². The molecule has 0 aromatic heterocycles. The number of benzene rings is 2. The Bertz CT molecular complexity index is 585. The molecule has 2 nitrogen and oxygen atoms in total. The van der Waals surface area contributed by atoms with E-state index in [0.29, 0.717) is 4.47 Å². The summed E-state index contributed by atoms with van der Waals surface area (Å²) in [6, 6.07) is 14.0. The van der Waals surface area contributed by atoms with E-state index in [-0.39, 0.29) is 18.1 Å². The highest BCUT2D eigenvalue weighted by Crippen LogP contribution is 2.32. The largest absolute Gasteiger partial charge is 0.485 e. The highest BCUT2D eigenvalue weighted by molar-refractivity contribution is 9.10. The molecule has 0 spiro atoms. The third kappa shape index (κ3) is 5.30. The number of alkyl halides is 3. The Morgan fingerprint density at radius 2 is 1.62 bits per heavy atom. The first-order valence-electron chi connectivity index (χ1n) is 6.10. The molecule has 0 unspecified atom stereocenters. The van der Waals surface area contributed by atoms with Crippen molar-refractivity contribution in [2.75, 3.05) is 6.61 Å². The molecule has 0 aliphatic heterocycles. The average molecular weight is 361 g/mol. The van der Waals surface area contributed by atoms with Gasteiger partial charge >= 0.3 is 6.18 Å². The van der Waals surface area contributed by atoms with E-state index in [1.807, 2.05) is 30.3 Å². The van der Waals surface area contributed by atoms with E-state index < -0.39 is 12.8 Å². The van der Waals surface area contributed by atoms with Crippen molar-refractivity contribution in [3.05, 3.63) is 58.6 Å². The normalized spacial score (nSPS) is 11.2. The fraction of sp³-hybridized carbons (Fsp3) is 0.200. The van der Waals surface area contributed by atoms with Gasteiger partial charge in [0.15, 0.2) is 18.1 Å². The molecule has 0 atom stereocenters. The minimum Gasteiger partial charge on any atom is -0.485 e. The van der Waals surface area contributed by atoms with E-state index in [0.717, 1.165) is 5.56 Å². The first-order chi connectivity index (χ1) is 9.94. The van der Waals surface area contributed by atoms with Crippen molar-refractivity contribution in [3.63, 3.8) is 0 Å². The summed E-state index contributed by atoms with van der Waals surface area (Å²) < 4.78 is 47.7. The van der Waals surface area contributed by atoms with Gasteiger partial charge in [0.2, 0.25) is 0 Å². The number of hydrogen-bond acceptors (Lipinski definition) is 2. The van der Waals surface area contributed by atoms with Gasteiger partial charge in [0.25, 0.3) is 0 Å². The van der Waals surface area contributed by atoms with E-state index in [4.69, 9.17) is 9.47 Å². The number of ether oxygens (including phenoxy) is 2. The summed E-state index contributed by atoms with van der Waals surface area (Å²) in [5.41, 5.74) is 0.916. The van der Waals surface area contributed by atoms with Crippen LogP contribution < -0.4 is 9.47 Å². The predicted molar refractivity (Wildman–Crippen MR) is 76.5 cm³/mol. The molecule has 0 saturated heterocycles.